The van der Waals surface area contributed by atoms with Crippen LogP contribution < -0.4 is 0 Å². The van der Waals surface area contributed by atoms with Gasteiger partial charge in [0.05, 0.1) is 0 Å². The molecule has 0 N–H and O–H groups in total. The zero-order chi connectivity index (χ0) is 37.1. The molecule has 0 saturated carbocycles. The molecular formula is C55H40S. The van der Waals surface area contributed by atoms with Crippen molar-refractivity contribution in [2.24, 2.45) is 11.8 Å². The summed E-state index contributed by atoms with van der Waals surface area (Å²) in [5, 5.41) is 10.7. The van der Waals surface area contributed by atoms with Gasteiger partial charge in [0.2, 0.25) is 0 Å². The van der Waals surface area contributed by atoms with E-state index >= 15 is 0 Å². The summed E-state index contributed by atoms with van der Waals surface area (Å²) in [5.74, 6) is 1.01. The number of hydrogen-bond acceptors (Lipinski definition) is 1. The molecule has 266 valence electrons. The molecule has 4 aliphatic rings. The minimum absolute atomic E-state index is 0.0410. The molecule has 1 heteroatoms. The number of benzene rings is 7. The predicted molar refractivity (Wildman–Crippen MR) is 243 cm³/mol. The summed E-state index contributed by atoms with van der Waals surface area (Å²) in [4.78, 5) is 0. The molecule has 56 heavy (non-hydrogen) atoms. The maximum absolute atomic E-state index is 2.61. The molecule has 7 aromatic carbocycles. The van der Waals surface area contributed by atoms with Crippen molar-refractivity contribution in [3.05, 3.63) is 204 Å². The molecule has 0 radical (unpaired) electrons. The molecule has 1 heterocycles. The standard InChI is InChI=1S/C55H40S/c1-55(2)48-27-25-35(30-47(48)54-45-32-46-39-18-9-10-24-50(39)56-51(46)31-36(45)26-28-49(54)55)34-15-11-16-37(29-34)52-41-19-5-7-21-43(41)53(44-22-8-6-20-42(44)52)40-23-12-14-33-13-3-4-17-38(33)40/h3-24,26-33,35,38H,25H2,1-2H3. The Morgan fingerprint density at radius 3 is 2.09 bits per heavy atom. The molecule has 3 unspecified atom stereocenters. The Morgan fingerprint density at radius 2 is 1.29 bits per heavy atom. The van der Waals surface area contributed by atoms with Crippen LogP contribution in [0.5, 0.6) is 0 Å². The largest absolute Gasteiger partial charge is 0.135 e. The highest BCUT2D eigenvalue weighted by Gasteiger charge is 2.41. The number of rotatable bonds is 3. The van der Waals surface area contributed by atoms with Crippen molar-refractivity contribution in [1.29, 1.82) is 0 Å². The Morgan fingerprint density at radius 1 is 0.571 bits per heavy atom. The summed E-state index contributed by atoms with van der Waals surface area (Å²) in [5.41, 5.74) is 12.5. The maximum Gasteiger partial charge on any atom is 0.0361 e. The van der Waals surface area contributed by atoms with Gasteiger partial charge in [0.1, 0.15) is 0 Å². The number of fused-ring (bicyclic) bond motifs is 11. The van der Waals surface area contributed by atoms with Crippen LogP contribution in [-0.4, -0.2) is 0 Å². The van der Waals surface area contributed by atoms with Gasteiger partial charge in [-0.15, -0.1) is 11.3 Å². The summed E-state index contributed by atoms with van der Waals surface area (Å²) in [6, 6.07) is 46.3. The van der Waals surface area contributed by atoms with E-state index in [0.717, 1.165) is 6.42 Å². The Kier molecular flexibility index (Phi) is 6.90. The van der Waals surface area contributed by atoms with Gasteiger partial charge in [-0.05, 0) is 107 Å². The molecule has 0 saturated heterocycles. The van der Waals surface area contributed by atoms with Crippen LogP contribution in [0.4, 0.5) is 0 Å². The van der Waals surface area contributed by atoms with Crippen LogP contribution in [0.3, 0.4) is 0 Å². The molecule has 0 aliphatic heterocycles. The fraction of sp³-hybridized carbons (Fsp3) is 0.127. The molecule has 0 amide bonds. The first-order valence-corrected chi connectivity index (χ1v) is 20.9. The zero-order valence-electron chi connectivity index (χ0n) is 31.6. The van der Waals surface area contributed by atoms with E-state index in [0.29, 0.717) is 11.8 Å². The number of thiophene rings is 1. The lowest BCUT2D eigenvalue weighted by atomic mass is 9.74. The van der Waals surface area contributed by atoms with Gasteiger partial charge in [-0.2, -0.15) is 0 Å². The highest BCUT2D eigenvalue weighted by Crippen LogP contribution is 2.56. The summed E-state index contributed by atoms with van der Waals surface area (Å²) in [6.07, 6.45) is 22.3. The van der Waals surface area contributed by atoms with Crippen molar-refractivity contribution < 1.29 is 0 Å². The van der Waals surface area contributed by atoms with Gasteiger partial charge in [0, 0.05) is 43.3 Å². The van der Waals surface area contributed by atoms with E-state index in [1.165, 1.54) is 103 Å². The summed E-state index contributed by atoms with van der Waals surface area (Å²) >= 11 is 1.91. The minimum atomic E-state index is -0.0410. The van der Waals surface area contributed by atoms with E-state index in [2.05, 4.69) is 190 Å². The van der Waals surface area contributed by atoms with Gasteiger partial charge >= 0.3 is 0 Å². The van der Waals surface area contributed by atoms with E-state index < -0.39 is 0 Å². The topological polar surface area (TPSA) is 0 Å². The Balaban J connectivity index is 1.02. The average molecular weight is 733 g/mol. The molecule has 12 rings (SSSR count). The maximum atomic E-state index is 2.61. The van der Waals surface area contributed by atoms with Crippen LogP contribution in [0.25, 0.3) is 74.8 Å². The quantitative estimate of drug-likeness (QED) is 0.159. The van der Waals surface area contributed by atoms with Crippen molar-refractivity contribution in [3.8, 4) is 11.1 Å². The second-order valence-electron chi connectivity index (χ2n) is 16.7. The molecule has 8 aromatic rings. The van der Waals surface area contributed by atoms with E-state index in [1.54, 1.807) is 0 Å². The van der Waals surface area contributed by atoms with Crippen LogP contribution >= 0.6 is 11.3 Å². The van der Waals surface area contributed by atoms with Crippen molar-refractivity contribution >= 4 is 75.0 Å². The minimum Gasteiger partial charge on any atom is -0.135 e. The zero-order valence-corrected chi connectivity index (χ0v) is 32.4. The summed E-state index contributed by atoms with van der Waals surface area (Å²) < 4.78 is 2.73. The predicted octanol–water partition coefficient (Wildman–Crippen LogP) is 15.3. The van der Waals surface area contributed by atoms with Crippen molar-refractivity contribution in [2.75, 3.05) is 0 Å². The van der Waals surface area contributed by atoms with Gasteiger partial charge in [0.15, 0.2) is 0 Å². The molecule has 0 spiro atoms. The van der Waals surface area contributed by atoms with Crippen LogP contribution in [0.15, 0.2) is 182 Å². The van der Waals surface area contributed by atoms with Gasteiger partial charge in [0.25, 0.3) is 0 Å². The highest BCUT2D eigenvalue weighted by molar-refractivity contribution is 7.25. The second-order valence-corrected chi connectivity index (χ2v) is 17.8. The number of allylic oxidation sites excluding steroid dienone is 12. The lowest BCUT2D eigenvalue weighted by Gasteiger charge is -2.29. The third-order valence-electron chi connectivity index (χ3n) is 13.3. The van der Waals surface area contributed by atoms with E-state index in [4.69, 9.17) is 0 Å². The van der Waals surface area contributed by atoms with Crippen molar-refractivity contribution in [2.45, 2.75) is 31.6 Å². The fourth-order valence-corrected chi connectivity index (χ4v) is 11.8. The SMILES string of the molecule is CC1(C)C2=CCC(c3cccc(-c4c5ccccc5c(C5=CC=CC6C=CC=CC56)c5ccccc45)c3)C=C2c2c1ccc1cc3sc4ccccc4c3cc21. The normalized spacial score (nSPS) is 20.7. The van der Waals surface area contributed by atoms with Crippen LogP contribution in [0, 0.1) is 11.8 Å². The van der Waals surface area contributed by atoms with Crippen LogP contribution in [0.2, 0.25) is 0 Å². The average Bonchev–Trinajstić information content (AvgIpc) is 3.72. The molecule has 1 aromatic heterocycles. The van der Waals surface area contributed by atoms with Gasteiger partial charge in [-0.3, -0.25) is 0 Å². The first kappa shape index (κ1) is 32.2. The van der Waals surface area contributed by atoms with Gasteiger partial charge < -0.3 is 0 Å². The van der Waals surface area contributed by atoms with E-state index in [-0.39, 0.29) is 11.3 Å². The van der Waals surface area contributed by atoms with Gasteiger partial charge in [-0.1, -0.05) is 172 Å². The molecule has 0 nitrogen and oxygen atoms in total. The monoisotopic (exact) mass is 732 g/mol. The Hall–Kier alpha value is -6.02. The Bertz CT molecular complexity index is 3150. The molecule has 3 atom stereocenters. The van der Waals surface area contributed by atoms with Crippen LogP contribution in [0.1, 0.15) is 48.4 Å². The fourth-order valence-electron chi connectivity index (χ4n) is 10.7. The first-order chi connectivity index (χ1) is 27.5. The summed E-state index contributed by atoms with van der Waals surface area (Å²) in [6.45, 7) is 4.84. The third-order valence-corrected chi connectivity index (χ3v) is 14.5. The third kappa shape index (κ3) is 4.58. The van der Waals surface area contributed by atoms with E-state index in [1.807, 2.05) is 11.3 Å². The summed E-state index contributed by atoms with van der Waals surface area (Å²) in [7, 11) is 0. The molecule has 0 fully saturated rings. The molecule has 4 aliphatic carbocycles. The number of hydrogen-bond donors (Lipinski definition) is 0. The molecule has 0 bridgehead atoms. The van der Waals surface area contributed by atoms with Crippen molar-refractivity contribution in [1.82, 2.24) is 0 Å². The first-order valence-electron chi connectivity index (χ1n) is 20.1. The Labute approximate surface area is 331 Å². The van der Waals surface area contributed by atoms with E-state index in [9.17, 15) is 0 Å². The lowest BCUT2D eigenvalue weighted by Crippen LogP contribution is -2.16. The smallest absolute Gasteiger partial charge is 0.0361 e. The lowest BCUT2D eigenvalue weighted by molar-refractivity contribution is 0.651. The molecular weight excluding hydrogens is 693 g/mol. The second kappa shape index (κ2) is 12.0. The van der Waals surface area contributed by atoms with Gasteiger partial charge in [-0.25, -0.2) is 0 Å². The van der Waals surface area contributed by atoms with Crippen LogP contribution in [-0.2, 0) is 5.41 Å². The highest BCUT2D eigenvalue weighted by atomic mass is 32.1. The van der Waals surface area contributed by atoms with Crippen molar-refractivity contribution in [3.63, 3.8) is 0 Å².